The van der Waals surface area contributed by atoms with E-state index in [1.54, 1.807) is 0 Å². The lowest BCUT2D eigenvalue weighted by atomic mass is 10.3. The molecule has 0 bridgehead atoms. The molecular weight excluding hydrogens is 170 g/mol. The highest BCUT2D eigenvalue weighted by atomic mass is 16.2. The van der Waals surface area contributed by atoms with Gasteiger partial charge in [-0.2, -0.15) is 0 Å². The highest BCUT2D eigenvalue weighted by Gasteiger charge is 2.02. The zero-order chi connectivity index (χ0) is 9.84. The van der Waals surface area contributed by atoms with Gasteiger partial charge in [0.1, 0.15) is 5.69 Å². The smallest absolute Gasteiger partial charge is 0.328 e. The van der Waals surface area contributed by atoms with Crippen molar-refractivity contribution in [2.75, 3.05) is 5.73 Å². The first-order chi connectivity index (χ1) is 6.16. The summed E-state index contributed by atoms with van der Waals surface area (Å²) < 4.78 is 1.12. The Morgan fingerprint density at radius 2 is 2.23 bits per heavy atom. The zero-order valence-corrected chi connectivity index (χ0v) is 7.54. The van der Waals surface area contributed by atoms with Gasteiger partial charge in [-0.05, 0) is 6.42 Å². The summed E-state index contributed by atoms with van der Waals surface area (Å²) in [5.41, 5.74) is 4.64. The number of aromatic amines is 1. The van der Waals surface area contributed by atoms with E-state index in [9.17, 15) is 9.59 Å². The molecule has 0 aliphatic rings. The number of nitrogens with two attached hydrogens (primary N) is 1. The number of H-pyrrole nitrogens is 1. The van der Waals surface area contributed by atoms with Gasteiger partial charge in [-0.25, -0.2) is 4.79 Å². The molecule has 0 aromatic carbocycles. The second-order valence-electron chi connectivity index (χ2n) is 2.86. The molecule has 5 heteroatoms. The Morgan fingerprint density at radius 3 is 2.85 bits per heavy atom. The lowest BCUT2D eigenvalue weighted by Crippen LogP contribution is -2.35. The fourth-order valence-electron chi connectivity index (χ4n) is 1.05. The molecular formula is C8H13N3O2. The summed E-state index contributed by atoms with van der Waals surface area (Å²) in [6, 6.07) is 0. The highest BCUT2D eigenvalue weighted by molar-refractivity contribution is 5.30. The Hall–Kier alpha value is -1.52. The van der Waals surface area contributed by atoms with E-state index in [0.717, 1.165) is 17.4 Å². The average Bonchev–Trinajstić information content (AvgIpc) is 2.12. The average molecular weight is 183 g/mol. The third kappa shape index (κ3) is 1.99. The normalized spacial score (nSPS) is 10.2. The monoisotopic (exact) mass is 183 g/mol. The predicted molar refractivity (Wildman–Crippen MR) is 50.6 cm³/mol. The molecule has 0 saturated carbocycles. The molecule has 72 valence electrons. The molecule has 13 heavy (non-hydrogen) atoms. The summed E-state index contributed by atoms with van der Waals surface area (Å²) in [6.45, 7) is 2.42. The van der Waals surface area contributed by atoms with Crippen LogP contribution in [0.1, 0.15) is 19.8 Å². The number of hydrogen-bond donors (Lipinski definition) is 2. The number of rotatable bonds is 3. The first-order valence-electron chi connectivity index (χ1n) is 4.24. The van der Waals surface area contributed by atoms with Gasteiger partial charge in [0.05, 0.1) is 0 Å². The Balaban J connectivity index is 3.11. The predicted octanol–water partition coefficient (Wildman–Crippen LogP) is -0.0811. The molecule has 0 unspecified atom stereocenters. The van der Waals surface area contributed by atoms with Crippen LogP contribution in [0, 0.1) is 0 Å². The van der Waals surface area contributed by atoms with E-state index in [1.165, 1.54) is 6.20 Å². The van der Waals surface area contributed by atoms with E-state index in [4.69, 9.17) is 5.73 Å². The first kappa shape index (κ1) is 9.57. The molecule has 0 radical (unpaired) electrons. The summed E-state index contributed by atoms with van der Waals surface area (Å²) >= 11 is 0. The maximum Gasteiger partial charge on any atom is 0.328 e. The van der Waals surface area contributed by atoms with Crippen LogP contribution in [0.15, 0.2) is 15.8 Å². The molecule has 3 N–H and O–H groups in total. The number of unbranched alkanes of at least 4 members (excludes halogenated alkanes) is 1. The van der Waals surface area contributed by atoms with Crippen molar-refractivity contribution in [3.63, 3.8) is 0 Å². The van der Waals surface area contributed by atoms with Crippen molar-refractivity contribution in [3.8, 4) is 0 Å². The molecule has 0 amide bonds. The molecule has 1 aromatic rings. The van der Waals surface area contributed by atoms with Gasteiger partial charge < -0.3 is 10.7 Å². The minimum absolute atomic E-state index is 0.0794. The van der Waals surface area contributed by atoms with Gasteiger partial charge in [0.2, 0.25) is 0 Å². The van der Waals surface area contributed by atoms with Crippen LogP contribution in [0.3, 0.4) is 0 Å². The van der Waals surface area contributed by atoms with Crippen molar-refractivity contribution >= 4 is 5.69 Å². The molecule has 0 spiro atoms. The minimum Gasteiger partial charge on any atom is -0.393 e. The fourth-order valence-corrected chi connectivity index (χ4v) is 1.05. The number of nitrogens with zero attached hydrogens (tertiary/aromatic N) is 1. The highest BCUT2D eigenvalue weighted by Crippen LogP contribution is 1.89. The molecule has 1 rings (SSSR count). The molecule has 0 aliphatic carbocycles. The quantitative estimate of drug-likeness (QED) is 0.687. The van der Waals surface area contributed by atoms with E-state index >= 15 is 0 Å². The standard InChI is InChI=1S/C8H13N3O2/c1-2-3-4-11-7(12)6(9)5-10-8(11)13/h5H,2-4,9H2,1H3,(H,10,13). The summed E-state index contributed by atoms with van der Waals surface area (Å²) in [6.07, 6.45) is 2.96. The largest absolute Gasteiger partial charge is 0.393 e. The van der Waals surface area contributed by atoms with E-state index in [-0.39, 0.29) is 5.69 Å². The van der Waals surface area contributed by atoms with Gasteiger partial charge in [-0.15, -0.1) is 0 Å². The number of anilines is 1. The maximum absolute atomic E-state index is 11.3. The Morgan fingerprint density at radius 1 is 1.54 bits per heavy atom. The topological polar surface area (TPSA) is 80.9 Å². The second kappa shape index (κ2) is 3.93. The minimum atomic E-state index is -0.405. The maximum atomic E-state index is 11.3. The van der Waals surface area contributed by atoms with Gasteiger partial charge in [-0.3, -0.25) is 9.36 Å². The van der Waals surface area contributed by atoms with Crippen LogP contribution < -0.4 is 17.0 Å². The molecule has 0 atom stereocenters. The first-order valence-corrected chi connectivity index (χ1v) is 4.24. The van der Waals surface area contributed by atoms with Crippen LogP contribution in [0.2, 0.25) is 0 Å². The fraction of sp³-hybridized carbons (Fsp3) is 0.500. The van der Waals surface area contributed by atoms with Gasteiger partial charge >= 0.3 is 5.69 Å². The van der Waals surface area contributed by atoms with Crippen LogP contribution in [-0.2, 0) is 6.54 Å². The van der Waals surface area contributed by atoms with Crippen molar-refractivity contribution in [1.82, 2.24) is 9.55 Å². The van der Waals surface area contributed by atoms with E-state index in [0.29, 0.717) is 6.54 Å². The Bertz CT molecular complexity index is 391. The Kier molecular flexibility index (Phi) is 2.89. The lowest BCUT2D eigenvalue weighted by molar-refractivity contribution is 0.585. The van der Waals surface area contributed by atoms with Crippen LogP contribution in [0.25, 0.3) is 0 Å². The Labute approximate surface area is 75.2 Å². The van der Waals surface area contributed by atoms with Gasteiger partial charge in [-0.1, -0.05) is 13.3 Å². The zero-order valence-electron chi connectivity index (χ0n) is 7.54. The second-order valence-corrected chi connectivity index (χ2v) is 2.86. The lowest BCUT2D eigenvalue weighted by Gasteiger charge is -2.02. The van der Waals surface area contributed by atoms with Crippen LogP contribution in [0.4, 0.5) is 5.69 Å². The van der Waals surface area contributed by atoms with Crippen molar-refractivity contribution in [2.24, 2.45) is 0 Å². The van der Waals surface area contributed by atoms with Crippen LogP contribution >= 0.6 is 0 Å². The third-order valence-electron chi connectivity index (χ3n) is 1.82. The number of nitrogens with one attached hydrogen (secondary N) is 1. The van der Waals surface area contributed by atoms with Crippen molar-refractivity contribution in [1.29, 1.82) is 0 Å². The van der Waals surface area contributed by atoms with Crippen LogP contribution in [0.5, 0.6) is 0 Å². The molecule has 1 aromatic heterocycles. The molecule has 0 saturated heterocycles. The number of nitrogen functional groups attached to an aromatic ring is 1. The third-order valence-corrected chi connectivity index (χ3v) is 1.82. The van der Waals surface area contributed by atoms with E-state index in [2.05, 4.69) is 4.98 Å². The molecule has 0 aliphatic heterocycles. The van der Waals surface area contributed by atoms with Crippen molar-refractivity contribution < 1.29 is 0 Å². The van der Waals surface area contributed by atoms with Gasteiger partial charge in [0, 0.05) is 12.7 Å². The van der Waals surface area contributed by atoms with Crippen LogP contribution in [-0.4, -0.2) is 9.55 Å². The van der Waals surface area contributed by atoms with E-state index in [1.807, 2.05) is 6.92 Å². The van der Waals surface area contributed by atoms with Gasteiger partial charge in [0.15, 0.2) is 0 Å². The summed E-state index contributed by atoms with van der Waals surface area (Å²) in [4.78, 5) is 24.9. The molecule has 5 nitrogen and oxygen atoms in total. The number of aromatic nitrogens is 2. The summed E-state index contributed by atoms with van der Waals surface area (Å²) in [7, 11) is 0. The SMILES string of the molecule is CCCCn1c(=O)[nH]cc(N)c1=O. The van der Waals surface area contributed by atoms with Crippen molar-refractivity contribution in [2.45, 2.75) is 26.3 Å². The molecule has 0 fully saturated rings. The van der Waals surface area contributed by atoms with E-state index < -0.39 is 11.2 Å². The molecule has 1 heterocycles. The number of hydrogen-bond acceptors (Lipinski definition) is 3. The van der Waals surface area contributed by atoms with Gasteiger partial charge in [0.25, 0.3) is 5.56 Å². The summed E-state index contributed by atoms with van der Waals surface area (Å²) in [5.74, 6) is 0. The summed E-state index contributed by atoms with van der Waals surface area (Å²) in [5, 5.41) is 0. The van der Waals surface area contributed by atoms with Crippen molar-refractivity contribution in [3.05, 3.63) is 27.0 Å².